The van der Waals surface area contributed by atoms with Crippen LogP contribution >= 0.6 is 0 Å². The zero-order valence-corrected chi connectivity index (χ0v) is 19.2. The smallest absolute Gasteiger partial charge is 0.262 e. The van der Waals surface area contributed by atoms with Gasteiger partial charge < -0.3 is 15.0 Å². The number of piperazine rings is 1. The summed E-state index contributed by atoms with van der Waals surface area (Å²) in [6.45, 7) is 7.29. The van der Waals surface area contributed by atoms with Gasteiger partial charge in [0.25, 0.3) is 11.8 Å². The lowest BCUT2D eigenvalue weighted by molar-refractivity contribution is -0.118. The first-order chi connectivity index (χ1) is 15.1. The summed E-state index contributed by atoms with van der Waals surface area (Å²) in [4.78, 5) is 26.2. The topological polar surface area (TPSA) is 96.0 Å². The molecule has 170 valence electrons. The number of nitrogens with one attached hydrogen (secondary N) is 1. The van der Waals surface area contributed by atoms with Gasteiger partial charge in [0.15, 0.2) is 6.61 Å². The number of carbonyl (C=O) groups excluding carboxylic acids is 2. The lowest BCUT2D eigenvalue weighted by Gasteiger charge is -2.34. The molecule has 4 rings (SSSR count). The number of hydrogen-bond donors (Lipinski definition) is 1. The van der Waals surface area contributed by atoms with Crippen molar-refractivity contribution in [1.82, 2.24) is 9.21 Å². The van der Waals surface area contributed by atoms with E-state index in [1.54, 1.807) is 11.0 Å². The van der Waals surface area contributed by atoms with E-state index in [9.17, 15) is 18.0 Å². The van der Waals surface area contributed by atoms with Crippen molar-refractivity contribution in [3.8, 4) is 5.75 Å². The molecule has 0 bridgehead atoms. The second-order valence-electron chi connectivity index (χ2n) is 9.02. The van der Waals surface area contributed by atoms with Crippen LogP contribution in [0.3, 0.4) is 0 Å². The van der Waals surface area contributed by atoms with Crippen LogP contribution in [0, 0.1) is 0 Å². The van der Waals surface area contributed by atoms with Crippen LogP contribution in [-0.2, 0) is 20.2 Å². The predicted molar refractivity (Wildman–Crippen MR) is 120 cm³/mol. The van der Waals surface area contributed by atoms with E-state index in [1.165, 1.54) is 16.4 Å². The molecule has 8 nitrogen and oxygen atoms in total. The number of benzene rings is 2. The zero-order valence-electron chi connectivity index (χ0n) is 18.4. The van der Waals surface area contributed by atoms with Gasteiger partial charge in [0.1, 0.15) is 5.75 Å². The molecule has 0 spiro atoms. The van der Waals surface area contributed by atoms with Gasteiger partial charge in [-0.15, -0.1) is 0 Å². The molecular weight excluding hydrogens is 430 g/mol. The summed E-state index contributed by atoms with van der Waals surface area (Å²) < 4.78 is 32.9. The van der Waals surface area contributed by atoms with Crippen molar-refractivity contribution in [2.45, 2.75) is 31.1 Å². The molecular formula is C23H27N3O5S. The van der Waals surface area contributed by atoms with Crippen LogP contribution in [0.25, 0.3) is 0 Å². The Bertz CT molecular complexity index is 1150. The maximum Gasteiger partial charge on any atom is 0.262 e. The second kappa shape index (κ2) is 8.22. The van der Waals surface area contributed by atoms with Crippen LogP contribution < -0.4 is 10.1 Å². The Morgan fingerprint density at radius 1 is 1.00 bits per heavy atom. The highest BCUT2D eigenvalue weighted by atomic mass is 32.2. The summed E-state index contributed by atoms with van der Waals surface area (Å²) in [6, 6.07) is 12.0. The van der Waals surface area contributed by atoms with Gasteiger partial charge in [-0.3, -0.25) is 9.59 Å². The lowest BCUT2D eigenvalue weighted by atomic mass is 9.86. The molecule has 0 radical (unpaired) electrons. The van der Waals surface area contributed by atoms with Crippen molar-refractivity contribution in [2.75, 3.05) is 38.1 Å². The van der Waals surface area contributed by atoms with Crippen LogP contribution in [0.5, 0.6) is 5.75 Å². The second-order valence-corrected chi connectivity index (χ2v) is 11.0. The third-order valence-electron chi connectivity index (χ3n) is 5.75. The largest absolute Gasteiger partial charge is 0.482 e. The molecule has 9 heteroatoms. The van der Waals surface area contributed by atoms with Crippen LogP contribution in [0.1, 0.15) is 36.7 Å². The van der Waals surface area contributed by atoms with E-state index in [0.717, 1.165) is 5.56 Å². The van der Waals surface area contributed by atoms with Crippen LogP contribution in [-0.4, -0.2) is 62.2 Å². The van der Waals surface area contributed by atoms with E-state index in [2.05, 4.69) is 26.1 Å². The van der Waals surface area contributed by atoms with Gasteiger partial charge in [0, 0.05) is 31.7 Å². The third kappa shape index (κ3) is 4.35. The number of ether oxygens (including phenoxy) is 1. The summed E-state index contributed by atoms with van der Waals surface area (Å²) in [5.74, 6) is 0.0160. The number of nitrogens with zero attached hydrogens (tertiary/aromatic N) is 2. The fraction of sp³-hybridized carbons (Fsp3) is 0.391. The van der Waals surface area contributed by atoms with E-state index < -0.39 is 10.0 Å². The monoisotopic (exact) mass is 457 g/mol. The van der Waals surface area contributed by atoms with Gasteiger partial charge in [0.2, 0.25) is 10.0 Å². The average Bonchev–Trinajstić information content (AvgIpc) is 2.77. The van der Waals surface area contributed by atoms with Crippen molar-refractivity contribution >= 4 is 27.5 Å². The molecule has 32 heavy (non-hydrogen) atoms. The molecule has 1 N–H and O–H groups in total. The zero-order chi connectivity index (χ0) is 23.1. The number of rotatable bonds is 3. The van der Waals surface area contributed by atoms with Crippen molar-refractivity contribution in [3.63, 3.8) is 0 Å². The molecule has 0 saturated carbocycles. The van der Waals surface area contributed by atoms with Crippen molar-refractivity contribution in [3.05, 3.63) is 53.6 Å². The first-order valence-electron chi connectivity index (χ1n) is 10.5. The van der Waals surface area contributed by atoms with Gasteiger partial charge in [-0.2, -0.15) is 4.31 Å². The standard InChI is InChI=1S/C23H27N3O5S/c1-23(2,3)17-6-4-16(5-7-17)22(28)25-10-12-26(13-11-25)32(29,30)18-8-9-20-19(14-18)24-21(27)15-31-20/h4-9,14H,10-13,15H2,1-3H3,(H,24,27). The Hall–Kier alpha value is -2.91. The van der Waals surface area contributed by atoms with E-state index in [-0.39, 0.29) is 41.8 Å². The number of amides is 2. The van der Waals surface area contributed by atoms with Crippen molar-refractivity contribution in [1.29, 1.82) is 0 Å². The normalized spacial score (nSPS) is 17.3. The number of anilines is 1. The molecule has 2 heterocycles. The molecule has 2 aliphatic heterocycles. The first-order valence-corrected chi connectivity index (χ1v) is 12.0. The highest BCUT2D eigenvalue weighted by Crippen LogP contribution is 2.31. The molecule has 2 aromatic carbocycles. The Kier molecular flexibility index (Phi) is 5.72. The summed E-state index contributed by atoms with van der Waals surface area (Å²) in [5.41, 5.74) is 2.10. The molecule has 1 fully saturated rings. The van der Waals surface area contributed by atoms with E-state index in [4.69, 9.17) is 4.74 Å². The minimum atomic E-state index is -3.76. The Balaban J connectivity index is 1.43. The number of fused-ring (bicyclic) bond motifs is 1. The minimum absolute atomic E-state index is 0.00712. The highest BCUT2D eigenvalue weighted by Gasteiger charge is 2.31. The number of hydrogen-bond acceptors (Lipinski definition) is 5. The fourth-order valence-electron chi connectivity index (χ4n) is 3.80. The fourth-order valence-corrected chi connectivity index (χ4v) is 5.25. The molecule has 2 amide bonds. The van der Waals surface area contributed by atoms with Crippen molar-refractivity contribution < 1.29 is 22.7 Å². The van der Waals surface area contributed by atoms with Crippen LogP contribution in [0.4, 0.5) is 5.69 Å². The van der Waals surface area contributed by atoms with Crippen LogP contribution in [0.2, 0.25) is 0 Å². The summed E-state index contributed by atoms with van der Waals surface area (Å²) in [7, 11) is -3.76. The molecule has 0 atom stereocenters. The molecule has 1 saturated heterocycles. The molecule has 0 aromatic heterocycles. The minimum Gasteiger partial charge on any atom is -0.482 e. The van der Waals surface area contributed by atoms with E-state index in [1.807, 2.05) is 24.3 Å². The summed E-state index contributed by atoms with van der Waals surface area (Å²) >= 11 is 0. The van der Waals surface area contributed by atoms with Crippen LogP contribution in [0.15, 0.2) is 47.4 Å². The van der Waals surface area contributed by atoms with Gasteiger partial charge in [-0.1, -0.05) is 32.9 Å². The third-order valence-corrected chi connectivity index (χ3v) is 7.64. The van der Waals surface area contributed by atoms with Gasteiger partial charge >= 0.3 is 0 Å². The quantitative estimate of drug-likeness (QED) is 0.764. The van der Waals surface area contributed by atoms with Gasteiger partial charge in [-0.05, 0) is 41.3 Å². The molecule has 2 aliphatic rings. The SMILES string of the molecule is CC(C)(C)c1ccc(C(=O)N2CCN(S(=O)(=O)c3ccc4c(c3)NC(=O)CO4)CC2)cc1. The number of carbonyl (C=O) groups is 2. The van der Waals surface area contributed by atoms with Gasteiger partial charge in [0.05, 0.1) is 10.6 Å². The molecule has 0 unspecified atom stereocenters. The Morgan fingerprint density at radius 2 is 1.66 bits per heavy atom. The average molecular weight is 458 g/mol. The molecule has 2 aromatic rings. The highest BCUT2D eigenvalue weighted by molar-refractivity contribution is 7.89. The number of sulfonamides is 1. The van der Waals surface area contributed by atoms with E-state index in [0.29, 0.717) is 30.1 Å². The Morgan fingerprint density at radius 3 is 2.28 bits per heavy atom. The maximum absolute atomic E-state index is 13.1. The lowest BCUT2D eigenvalue weighted by Crippen LogP contribution is -2.50. The first kappa shape index (κ1) is 22.3. The Labute approximate surface area is 188 Å². The van der Waals surface area contributed by atoms with Gasteiger partial charge in [-0.25, -0.2) is 8.42 Å². The van der Waals surface area contributed by atoms with E-state index >= 15 is 0 Å². The maximum atomic E-state index is 13.1. The van der Waals surface area contributed by atoms with Crippen molar-refractivity contribution in [2.24, 2.45) is 0 Å². The summed E-state index contributed by atoms with van der Waals surface area (Å²) in [5, 5.41) is 2.63. The summed E-state index contributed by atoms with van der Waals surface area (Å²) in [6.07, 6.45) is 0. The predicted octanol–water partition coefficient (Wildman–Crippen LogP) is 2.46. The molecule has 0 aliphatic carbocycles.